The van der Waals surface area contributed by atoms with Crippen molar-refractivity contribution in [3.8, 4) is 0 Å². The Hall–Kier alpha value is -1.26. The summed E-state index contributed by atoms with van der Waals surface area (Å²) in [5.74, 6) is -0.527. The summed E-state index contributed by atoms with van der Waals surface area (Å²) in [5, 5.41) is 3.27. The quantitative estimate of drug-likeness (QED) is 0.837. The van der Waals surface area contributed by atoms with E-state index in [9.17, 15) is 8.78 Å². The molecule has 0 aliphatic rings. The summed E-state index contributed by atoms with van der Waals surface area (Å²) in [6.45, 7) is 2.71. The van der Waals surface area contributed by atoms with Crippen molar-refractivity contribution in [3.63, 3.8) is 0 Å². The lowest BCUT2D eigenvalue weighted by atomic mass is 9.98. The van der Waals surface area contributed by atoms with Gasteiger partial charge in [0.25, 0.3) is 0 Å². The third-order valence-electron chi connectivity index (χ3n) is 3.14. The zero-order chi connectivity index (χ0) is 14.5. The van der Waals surface area contributed by atoms with Gasteiger partial charge in [-0.2, -0.15) is 0 Å². The minimum absolute atomic E-state index is 0.105. The molecule has 0 aromatic heterocycles. The van der Waals surface area contributed by atoms with Gasteiger partial charge in [-0.1, -0.05) is 41.1 Å². The first-order valence-corrected chi connectivity index (χ1v) is 7.32. The Labute approximate surface area is 126 Å². The Morgan fingerprint density at radius 1 is 1.15 bits per heavy atom. The van der Waals surface area contributed by atoms with Gasteiger partial charge in [-0.05, 0) is 48.4 Å². The van der Waals surface area contributed by atoms with Gasteiger partial charge in [0.2, 0.25) is 0 Å². The fourth-order valence-corrected chi connectivity index (χ4v) is 2.52. The van der Waals surface area contributed by atoms with Gasteiger partial charge < -0.3 is 5.32 Å². The van der Waals surface area contributed by atoms with Gasteiger partial charge in [-0.3, -0.25) is 0 Å². The van der Waals surface area contributed by atoms with E-state index in [0.717, 1.165) is 12.1 Å². The first-order valence-electron chi connectivity index (χ1n) is 6.53. The lowest BCUT2D eigenvalue weighted by Crippen LogP contribution is -2.23. The van der Waals surface area contributed by atoms with E-state index in [1.807, 2.05) is 19.1 Å². The molecule has 1 atom stereocenters. The van der Waals surface area contributed by atoms with Crippen LogP contribution in [-0.2, 0) is 6.42 Å². The molecule has 4 heteroatoms. The molecule has 0 heterocycles. The van der Waals surface area contributed by atoms with Crippen molar-refractivity contribution in [1.29, 1.82) is 0 Å². The molecular weight excluding hydrogens is 324 g/mol. The maximum Gasteiger partial charge on any atom is 0.127 e. The second-order valence-corrected chi connectivity index (χ2v) is 5.52. The van der Waals surface area contributed by atoms with Crippen LogP contribution in [0.1, 0.15) is 24.1 Å². The number of halogens is 3. The molecule has 0 aliphatic carbocycles. The number of hydrogen-bond acceptors (Lipinski definition) is 1. The predicted molar refractivity (Wildman–Crippen MR) is 80.6 cm³/mol. The van der Waals surface area contributed by atoms with Gasteiger partial charge in [-0.25, -0.2) is 8.78 Å². The zero-order valence-corrected chi connectivity index (χ0v) is 12.8. The van der Waals surface area contributed by atoms with Crippen LogP contribution in [0.3, 0.4) is 0 Å². The topological polar surface area (TPSA) is 12.0 Å². The molecule has 106 valence electrons. The van der Waals surface area contributed by atoms with Gasteiger partial charge in [0, 0.05) is 10.5 Å². The lowest BCUT2D eigenvalue weighted by molar-refractivity contribution is 0.523. The second-order valence-electron chi connectivity index (χ2n) is 4.61. The predicted octanol–water partition coefficient (Wildman–Crippen LogP) is 4.62. The van der Waals surface area contributed by atoms with Crippen molar-refractivity contribution >= 4 is 15.9 Å². The smallest absolute Gasteiger partial charge is 0.127 e. The fraction of sp³-hybridized carbons (Fsp3) is 0.250. The summed E-state index contributed by atoms with van der Waals surface area (Å²) in [7, 11) is 0. The zero-order valence-electron chi connectivity index (χ0n) is 11.2. The molecule has 0 fully saturated rings. The minimum atomic E-state index is -0.276. The summed E-state index contributed by atoms with van der Waals surface area (Å²) < 4.78 is 28.0. The molecule has 0 saturated carbocycles. The molecule has 1 nitrogen and oxygen atoms in total. The summed E-state index contributed by atoms with van der Waals surface area (Å²) in [6, 6.07) is 11.3. The van der Waals surface area contributed by atoms with E-state index in [2.05, 4.69) is 21.2 Å². The molecule has 2 aromatic carbocycles. The van der Waals surface area contributed by atoms with Crippen LogP contribution < -0.4 is 5.32 Å². The molecule has 0 bridgehead atoms. The van der Waals surface area contributed by atoms with E-state index < -0.39 is 0 Å². The van der Waals surface area contributed by atoms with Crippen LogP contribution in [0, 0.1) is 11.6 Å². The average molecular weight is 340 g/mol. The van der Waals surface area contributed by atoms with Crippen molar-refractivity contribution in [2.45, 2.75) is 19.4 Å². The Kier molecular flexibility index (Phi) is 5.26. The first-order chi connectivity index (χ1) is 9.60. The summed E-state index contributed by atoms with van der Waals surface area (Å²) in [6.07, 6.45) is 0.483. The highest BCUT2D eigenvalue weighted by Gasteiger charge is 2.14. The van der Waals surface area contributed by atoms with E-state index in [4.69, 9.17) is 0 Å². The molecule has 0 aliphatic heterocycles. The maximum absolute atomic E-state index is 13.9. The molecular formula is C16H16BrF2N. The van der Waals surface area contributed by atoms with Crippen LogP contribution in [0.15, 0.2) is 46.9 Å². The van der Waals surface area contributed by atoms with E-state index in [-0.39, 0.29) is 17.7 Å². The largest absolute Gasteiger partial charge is 0.310 e. The fourth-order valence-electron chi connectivity index (χ4n) is 2.18. The van der Waals surface area contributed by atoms with E-state index in [0.29, 0.717) is 16.5 Å². The summed E-state index contributed by atoms with van der Waals surface area (Å²) in [5.41, 5.74) is 1.44. The number of likely N-dealkylation sites (N-methyl/N-ethyl adjacent to an activating group) is 1. The lowest BCUT2D eigenvalue weighted by Gasteiger charge is -2.19. The van der Waals surface area contributed by atoms with Crippen LogP contribution >= 0.6 is 15.9 Å². The van der Waals surface area contributed by atoms with Crippen LogP contribution in [0.25, 0.3) is 0 Å². The second kappa shape index (κ2) is 6.95. The van der Waals surface area contributed by atoms with E-state index >= 15 is 0 Å². The van der Waals surface area contributed by atoms with Crippen LogP contribution in [0.4, 0.5) is 8.78 Å². The standard InChI is InChI=1S/C16H16BrF2N/c1-2-20-16(12-4-3-5-14(18)8-12)9-11-6-7-13(17)10-15(11)19/h3-8,10,16,20H,2,9H2,1H3. The van der Waals surface area contributed by atoms with E-state index in [1.54, 1.807) is 12.1 Å². The Bertz CT molecular complexity index is 586. The third-order valence-corrected chi connectivity index (χ3v) is 3.63. The normalized spacial score (nSPS) is 12.4. The number of benzene rings is 2. The average Bonchev–Trinajstić information content (AvgIpc) is 2.41. The molecule has 0 saturated heterocycles. The van der Waals surface area contributed by atoms with Crippen LogP contribution in [0.2, 0.25) is 0 Å². The Morgan fingerprint density at radius 3 is 2.60 bits per heavy atom. The molecule has 0 radical (unpaired) electrons. The summed E-state index contributed by atoms with van der Waals surface area (Å²) >= 11 is 3.24. The van der Waals surface area contributed by atoms with Crippen LogP contribution in [-0.4, -0.2) is 6.54 Å². The van der Waals surface area contributed by atoms with Gasteiger partial charge in [0.05, 0.1) is 0 Å². The molecule has 0 amide bonds. The first kappa shape index (κ1) is 15.1. The highest BCUT2D eigenvalue weighted by molar-refractivity contribution is 9.10. The molecule has 20 heavy (non-hydrogen) atoms. The molecule has 1 unspecified atom stereocenters. The van der Waals surface area contributed by atoms with Crippen molar-refractivity contribution in [2.24, 2.45) is 0 Å². The Balaban J connectivity index is 2.25. The van der Waals surface area contributed by atoms with Crippen LogP contribution in [0.5, 0.6) is 0 Å². The van der Waals surface area contributed by atoms with Gasteiger partial charge >= 0.3 is 0 Å². The minimum Gasteiger partial charge on any atom is -0.310 e. The monoisotopic (exact) mass is 339 g/mol. The van der Waals surface area contributed by atoms with Gasteiger partial charge in [0.15, 0.2) is 0 Å². The number of hydrogen-bond donors (Lipinski definition) is 1. The molecule has 2 aromatic rings. The third kappa shape index (κ3) is 3.87. The van der Waals surface area contributed by atoms with Crippen molar-refractivity contribution in [2.75, 3.05) is 6.54 Å². The van der Waals surface area contributed by atoms with Crippen molar-refractivity contribution in [1.82, 2.24) is 5.32 Å². The van der Waals surface area contributed by atoms with Crippen molar-refractivity contribution in [3.05, 3.63) is 69.7 Å². The Morgan fingerprint density at radius 2 is 1.95 bits per heavy atom. The highest BCUT2D eigenvalue weighted by atomic mass is 79.9. The van der Waals surface area contributed by atoms with E-state index in [1.165, 1.54) is 18.2 Å². The molecule has 0 spiro atoms. The van der Waals surface area contributed by atoms with Gasteiger partial charge in [0.1, 0.15) is 11.6 Å². The number of nitrogens with one attached hydrogen (secondary N) is 1. The summed E-state index contributed by atoms with van der Waals surface area (Å²) in [4.78, 5) is 0. The number of rotatable bonds is 5. The molecule has 2 rings (SSSR count). The van der Waals surface area contributed by atoms with Gasteiger partial charge in [-0.15, -0.1) is 0 Å². The SMILES string of the molecule is CCNC(Cc1ccc(Br)cc1F)c1cccc(F)c1. The highest BCUT2D eigenvalue weighted by Crippen LogP contribution is 2.23. The molecule has 1 N–H and O–H groups in total. The van der Waals surface area contributed by atoms with Crippen molar-refractivity contribution < 1.29 is 8.78 Å². The maximum atomic E-state index is 13.9.